The summed E-state index contributed by atoms with van der Waals surface area (Å²) in [4.78, 5) is 11.7. The number of nitrogens with zero attached hydrogens (tertiary/aromatic N) is 4. The Bertz CT molecular complexity index is 1090. The van der Waals surface area contributed by atoms with Crippen molar-refractivity contribution in [2.75, 3.05) is 13.1 Å². The smallest absolute Gasteiger partial charge is 0.219 e. The van der Waals surface area contributed by atoms with E-state index in [1.165, 1.54) is 32.4 Å². The van der Waals surface area contributed by atoms with Gasteiger partial charge in [0.25, 0.3) is 0 Å². The second-order valence-electron chi connectivity index (χ2n) is 7.45. The average molecular weight is 385 g/mol. The van der Waals surface area contributed by atoms with Crippen molar-refractivity contribution in [2.45, 2.75) is 25.8 Å². The van der Waals surface area contributed by atoms with Gasteiger partial charge in [-0.15, -0.1) is 0 Å². The maximum absolute atomic E-state index is 5.94. The Labute approximate surface area is 169 Å². The molecule has 1 saturated heterocycles. The Morgan fingerprint density at radius 1 is 0.966 bits per heavy atom. The Hall–Kier alpha value is -3.25. The second kappa shape index (κ2) is 8.01. The van der Waals surface area contributed by atoms with Crippen LogP contribution >= 0.6 is 0 Å². The van der Waals surface area contributed by atoms with Gasteiger partial charge in [-0.25, -0.2) is 4.98 Å². The minimum atomic E-state index is 0.558. The lowest BCUT2D eigenvalue weighted by Gasteiger charge is -2.26. The van der Waals surface area contributed by atoms with Crippen molar-refractivity contribution in [3.63, 3.8) is 0 Å². The number of piperidine rings is 1. The zero-order chi connectivity index (χ0) is 19.5. The number of hydrogen-bond donors (Lipinski definition) is 1. The Balaban J connectivity index is 1.30. The van der Waals surface area contributed by atoms with Crippen molar-refractivity contribution in [3.8, 4) is 22.9 Å². The molecule has 1 aliphatic rings. The van der Waals surface area contributed by atoms with Crippen molar-refractivity contribution in [1.82, 2.24) is 25.1 Å². The average Bonchev–Trinajstić information content (AvgIpc) is 3.30. The molecule has 0 amide bonds. The lowest BCUT2D eigenvalue weighted by molar-refractivity contribution is 0.219. The van der Waals surface area contributed by atoms with Crippen LogP contribution in [0.1, 0.15) is 25.0 Å². The molecular weight excluding hydrogens is 362 g/mol. The number of pyridine rings is 2. The molecule has 0 atom stereocenters. The van der Waals surface area contributed by atoms with E-state index in [0.29, 0.717) is 5.88 Å². The third-order valence-corrected chi connectivity index (χ3v) is 5.32. The first-order chi connectivity index (χ1) is 14.3. The minimum absolute atomic E-state index is 0.558. The first-order valence-electron chi connectivity index (χ1n) is 10.1. The van der Waals surface area contributed by atoms with Crippen LogP contribution in [-0.2, 0) is 6.54 Å². The van der Waals surface area contributed by atoms with Gasteiger partial charge >= 0.3 is 0 Å². The molecule has 29 heavy (non-hydrogen) atoms. The van der Waals surface area contributed by atoms with E-state index < -0.39 is 0 Å². The van der Waals surface area contributed by atoms with Gasteiger partial charge in [0.15, 0.2) is 0 Å². The van der Waals surface area contributed by atoms with E-state index in [4.69, 9.17) is 9.72 Å². The lowest BCUT2D eigenvalue weighted by Crippen LogP contribution is -2.29. The molecule has 0 spiro atoms. The molecule has 146 valence electrons. The molecule has 1 aromatic carbocycles. The number of aromatic amines is 1. The third kappa shape index (κ3) is 4.12. The summed E-state index contributed by atoms with van der Waals surface area (Å²) in [7, 11) is 0. The van der Waals surface area contributed by atoms with Gasteiger partial charge in [0.1, 0.15) is 5.75 Å². The third-order valence-electron chi connectivity index (χ3n) is 5.32. The molecule has 0 unspecified atom stereocenters. The topological polar surface area (TPSA) is 66.9 Å². The summed E-state index contributed by atoms with van der Waals surface area (Å²) in [6.45, 7) is 3.29. The molecule has 3 aromatic heterocycles. The van der Waals surface area contributed by atoms with E-state index in [0.717, 1.165) is 40.1 Å². The SMILES string of the molecule is c1cc(-c2ccc(Oc3ccc4nc(CN5CCCCC5)ccc4c3)nc2)[nH]n1. The highest BCUT2D eigenvalue weighted by molar-refractivity contribution is 5.80. The molecule has 1 fully saturated rings. The fourth-order valence-corrected chi connectivity index (χ4v) is 3.78. The van der Waals surface area contributed by atoms with Crippen LogP contribution in [0.4, 0.5) is 0 Å². The molecular formula is C23H23N5O. The second-order valence-corrected chi connectivity index (χ2v) is 7.45. The van der Waals surface area contributed by atoms with E-state index in [1.807, 2.05) is 36.4 Å². The molecule has 6 nitrogen and oxygen atoms in total. The fraction of sp³-hybridized carbons (Fsp3) is 0.261. The number of aromatic nitrogens is 4. The molecule has 6 heteroatoms. The molecule has 1 N–H and O–H groups in total. The van der Waals surface area contributed by atoms with Crippen LogP contribution in [-0.4, -0.2) is 38.2 Å². The van der Waals surface area contributed by atoms with Crippen molar-refractivity contribution in [2.24, 2.45) is 0 Å². The maximum Gasteiger partial charge on any atom is 0.219 e. The minimum Gasteiger partial charge on any atom is -0.439 e. The summed E-state index contributed by atoms with van der Waals surface area (Å²) < 4.78 is 5.94. The van der Waals surface area contributed by atoms with Crippen LogP contribution in [0.25, 0.3) is 22.2 Å². The number of likely N-dealkylation sites (tertiary alicyclic amines) is 1. The Morgan fingerprint density at radius 2 is 1.90 bits per heavy atom. The lowest BCUT2D eigenvalue weighted by atomic mass is 10.1. The van der Waals surface area contributed by atoms with E-state index in [1.54, 1.807) is 12.4 Å². The van der Waals surface area contributed by atoms with Gasteiger partial charge in [0.05, 0.1) is 16.9 Å². The van der Waals surface area contributed by atoms with Gasteiger partial charge in [-0.2, -0.15) is 5.10 Å². The van der Waals surface area contributed by atoms with Crippen LogP contribution in [0, 0.1) is 0 Å². The number of rotatable bonds is 5. The van der Waals surface area contributed by atoms with E-state index >= 15 is 0 Å². The van der Waals surface area contributed by atoms with Gasteiger partial charge in [0, 0.05) is 36.0 Å². The Kier molecular flexibility index (Phi) is 4.92. The predicted octanol–water partition coefficient (Wildman–Crippen LogP) is 4.80. The van der Waals surface area contributed by atoms with Gasteiger partial charge < -0.3 is 4.74 Å². The van der Waals surface area contributed by atoms with Crippen LogP contribution in [0.15, 0.2) is 60.9 Å². The van der Waals surface area contributed by atoms with Crippen molar-refractivity contribution in [3.05, 3.63) is 66.6 Å². The summed E-state index contributed by atoms with van der Waals surface area (Å²) in [5.74, 6) is 1.31. The van der Waals surface area contributed by atoms with Gasteiger partial charge in [-0.1, -0.05) is 12.5 Å². The largest absolute Gasteiger partial charge is 0.439 e. The van der Waals surface area contributed by atoms with E-state index in [-0.39, 0.29) is 0 Å². The fourth-order valence-electron chi connectivity index (χ4n) is 3.78. The van der Waals surface area contributed by atoms with E-state index in [2.05, 4.69) is 32.2 Å². The highest BCUT2D eigenvalue weighted by Gasteiger charge is 2.11. The van der Waals surface area contributed by atoms with Gasteiger partial charge in [-0.05, 0) is 62.3 Å². The first-order valence-corrected chi connectivity index (χ1v) is 10.1. The highest BCUT2D eigenvalue weighted by Crippen LogP contribution is 2.26. The normalized spacial score (nSPS) is 14.9. The number of benzene rings is 1. The molecule has 0 bridgehead atoms. The molecule has 1 aliphatic heterocycles. The highest BCUT2D eigenvalue weighted by atomic mass is 16.5. The number of ether oxygens (including phenoxy) is 1. The zero-order valence-corrected chi connectivity index (χ0v) is 16.2. The standard InChI is InChI=1S/C23H23N5O/c1-2-12-28(13-3-1)16-19-6-4-17-14-20(7-8-21(17)26-19)29-23-9-5-18(15-24-23)22-10-11-25-27-22/h4-11,14-15H,1-3,12-13,16H2,(H,25,27). The van der Waals surface area contributed by atoms with Crippen LogP contribution < -0.4 is 4.74 Å². The molecule has 5 rings (SSSR count). The Morgan fingerprint density at radius 3 is 2.69 bits per heavy atom. The summed E-state index contributed by atoms with van der Waals surface area (Å²) in [5.41, 5.74) is 4.03. The molecule has 4 heterocycles. The number of nitrogens with one attached hydrogen (secondary N) is 1. The van der Waals surface area contributed by atoms with Crippen molar-refractivity contribution < 1.29 is 4.74 Å². The van der Waals surface area contributed by atoms with Gasteiger partial charge in [0.2, 0.25) is 5.88 Å². The molecule has 4 aromatic rings. The summed E-state index contributed by atoms with van der Waals surface area (Å²) in [6.07, 6.45) is 7.45. The maximum atomic E-state index is 5.94. The van der Waals surface area contributed by atoms with Crippen LogP contribution in [0.3, 0.4) is 0 Å². The van der Waals surface area contributed by atoms with Gasteiger partial charge in [-0.3, -0.25) is 15.0 Å². The molecule has 0 radical (unpaired) electrons. The van der Waals surface area contributed by atoms with Crippen LogP contribution in [0.5, 0.6) is 11.6 Å². The molecule has 0 saturated carbocycles. The van der Waals surface area contributed by atoms with Crippen molar-refractivity contribution in [1.29, 1.82) is 0 Å². The van der Waals surface area contributed by atoms with E-state index in [9.17, 15) is 0 Å². The summed E-state index contributed by atoms with van der Waals surface area (Å²) >= 11 is 0. The number of hydrogen-bond acceptors (Lipinski definition) is 5. The first kappa shape index (κ1) is 17.8. The zero-order valence-electron chi connectivity index (χ0n) is 16.2. The monoisotopic (exact) mass is 385 g/mol. The van der Waals surface area contributed by atoms with Crippen LogP contribution in [0.2, 0.25) is 0 Å². The predicted molar refractivity (Wildman–Crippen MR) is 113 cm³/mol. The quantitative estimate of drug-likeness (QED) is 0.535. The number of H-pyrrole nitrogens is 1. The summed E-state index contributed by atoms with van der Waals surface area (Å²) in [6, 6.07) is 16.0. The molecule has 0 aliphatic carbocycles. The van der Waals surface area contributed by atoms with Crippen molar-refractivity contribution >= 4 is 10.9 Å². The number of fused-ring (bicyclic) bond motifs is 1. The summed E-state index contributed by atoms with van der Waals surface area (Å²) in [5, 5.41) is 7.96.